The van der Waals surface area contributed by atoms with Gasteiger partial charge in [0.05, 0.1) is 12.2 Å². The summed E-state index contributed by atoms with van der Waals surface area (Å²) in [5.41, 5.74) is 0. The van der Waals surface area contributed by atoms with Crippen LogP contribution in [0.3, 0.4) is 0 Å². The predicted octanol–water partition coefficient (Wildman–Crippen LogP) is 3.97. The van der Waals surface area contributed by atoms with Gasteiger partial charge in [0.15, 0.2) is 12.3 Å². The van der Waals surface area contributed by atoms with Crippen LogP contribution in [0.15, 0.2) is 0 Å². The van der Waals surface area contributed by atoms with Crippen molar-refractivity contribution in [3.8, 4) is 0 Å². The molecular weight excluding hydrogens is 300 g/mol. The van der Waals surface area contributed by atoms with E-state index in [9.17, 15) is 17.6 Å². The molecule has 2 aliphatic carbocycles. The molecule has 130 valence electrons. The first kappa shape index (κ1) is 18.0. The molecule has 8 atom stereocenters. The van der Waals surface area contributed by atoms with Gasteiger partial charge < -0.3 is 9.47 Å². The van der Waals surface area contributed by atoms with E-state index in [-0.39, 0.29) is 0 Å². The van der Waals surface area contributed by atoms with Gasteiger partial charge in [0, 0.05) is 13.7 Å². The van der Waals surface area contributed by atoms with E-state index in [2.05, 4.69) is 0 Å². The Morgan fingerprint density at radius 3 is 1.77 bits per heavy atom. The van der Waals surface area contributed by atoms with E-state index < -0.39 is 48.7 Å². The first-order valence-corrected chi connectivity index (χ1v) is 8.21. The number of hydrogen-bond donors (Lipinski definition) is 0. The summed E-state index contributed by atoms with van der Waals surface area (Å²) in [4.78, 5) is 0. The minimum atomic E-state index is -1.79. The second-order valence-electron chi connectivity index (χ2n) is 6.44. The van der Waals surface area contributed by atoms with Gasteiger partial charge in [-0.25, -0.2) is 17.6 Å². The maximum absolute atomic E-state index is 14.4. The lowest BCUT2D eigenvalue weighted by Crippen LogP contribution is -2.51. The third kappa shape index (κ3) is 3.58. The van der Waals surface area contributed by atoms with Gasteiger partial charge >= 0.3 is 0 Å². The quantitative estimate of drug-likeness (QED) is 0.712. The predicted molar refractivity (Wildman–Crippen MR) is 75.9 cm³/mol. The van der Waals surface area contributed by atoms with Gasteiger partial charge in [-0.15, -0.1) is 0 Å². The highest BCUT2D eigenvalue weighted by Crippen LogP contribution is 2.43. The monoisotopic (exact) mass is 326 g/mol. The molecule has 0 amide bonds. The van der Waals surface area contributed by atoms with Crippen LogP contribution in [0, 0.1) is 11.8 Å². The zero-order chi connectivity index (χ0) is 16.3. The SMILES string of the molecule is CCCOC1CCC(C2CCC(OC)C(F)C2F)C(F)C1F. The average molecular weight is 326 g/mol. The van der Waals surface area contributed by atoms with Crippen molar-refractivity contribution in [1.82, 2.24) is 0 Å². The smallest absolute Gasteiger partial charge is 0.157 e. The number of halogens is 4. The first-order chi connectivity index (χ1) is 10.5. The molecule has 0 bridgehead atoms. The highest BCUT2D eigenvalue weighted by Gasteiger charge is 2.50. The molecule has 8 unspecified atom stereocenters. The Hall–Kier alpha value is -0.360. The zero-order valence-electron chi connectivity index (χ0n) is 13.2. The summed E-state index contributed by atoms with van der Waals surface area (Å²) in [6.45, 7) is 2.29. The molecule has 0 saturated heterocycles. The molecule has 2 rings (SSSR count). The summed E-state index contributed by atoms with van der Waals surface area (Å²) in [5.74, 6) is -1.55. The van der Waals surface area contributed by atoms with Gasteiger partial charge in [0.2, 0.25) is 0 Å². The Bertz CT molecular complexity index is 344. The first-order valence-electron chi connectivity index (χ1n) is 8.21. The highest BCUT2D eigenvalue weighted by molar-refractivity contribution is 4.98. The molecule has 0 aliphatic heterocycles. The van der Waals surface area contributed by atoms with Gasteiger partial charge in [-0.3, -0.25) is 0 Å². The average Bonchev–Trinajstić information content (AvgIpc) is 2.52. The fourth-order valence-electron chi connectivity index (χ4n) is 3.83. The largest absolute Gasteiger partial charge is 0.378 e. The van der Waals surface area contributed by atoms with E-state index >= 15 is 0 Å². The summed E-state index contributed by atoms with van der Waals surface area (Å²) in [5, 5.41) is 0. The molecule has 6 heteroatoms. The number of hydrogen-bond acceptors (Lipinski definition) is 2. The van der Waals surface area contributed by atoms with E-state index in [1.807, 2.05) is 6.92 Å². The lowest BCUT2D eigenvalue weighted by Gasteiger charge is -2.43. The standard InChI is InChI=1S/C16H26F4O2/c1-3-8-22-12-7-5-10(14(18)16(12)20)9-4-6-11(21-2)15(19)13(9)17/h9-16H,3-8H2,1-2H3. The summed E-state index contributed by atoms with van der Waals surface area (Å²) in [6, 6.07) is 0. The van der Waals surface area contributed by atoms with Crippen LogP contribution in [0.2, 0.25) is 0 Å². The molecule has 2 saturated carbocycles. The van der Waals surface area contributed by atoms with Crippen LogP contribution in [0.25, 0.3) is 0 Å². The molecule has 2 fully saturated rings. The molecule has 0 N–H and O–H groups in total. The van der Waals surface area contributed by atoms with Crippen molar-refractivity contribution in [2.45, 2.75) is 75.9 Å². The summed E-state index contributed by atoms with van der Waals surface area (Å²) in [7, 11) is 1.34. The highest BCUT2D eigenvalue weighted by atomic mass is 19.2. The normalized spacial score (nSPS) is 46.6. The van der Waals surface area contributed by atoms with Gasteiger partial charge in [-0.1, -0.05) is 6.92 Å². The molecule has 2 aliphatic rings. The summed E-state index contributed by atoms with van der Waals surface area (Å²) in [6.07, 6.45) is -6.52. The maximum atomic E-state index is 14.4. The lowest BCUT2D eigenvalue weighted by atomic mass is 9.69. The Kier molecular flexibility index (Phi) is 6.50. The number of rotatable bonds is 5. The topological polar surface area (TPSA) is 18.5 Å². The minimum Gasteiger partial charge on any atom is -0.378 e. The minimum absolute atomic E-state index is 0.332. The number of methoxy groups -OCH3 is 1. The Balaban J connectivity index is 1.98. The van der Waals surface area contributed by atoms with Crippen LogP contribution in [-0.4, -0.2) is 50.6 Å². The fourth-order valence-corrected chi connectivity index (χ4v) is 3.83. The molecular formula is C16H26F4O2. The van der Waals surface area contributed by atoms with Crippen molar-refractivity contribution >= 4 is 0 Å². The van der Waals surface area contributed by atoms with Gasteiger partial charge in [-0.05, 0) is 43.9 Å². The molecule has 0 aromatic carbocycles. The molecule has 0 heterocycles. The maximum Gasteiger partial charge on any atom is 0.157 e. The molecule has 0 radical (unpaired) electrons. The van der Waals surface area contributed by atoms with Crippen molar-refractivity contribution in [2.24, 2.45) is 11.8 Å². The molecule has 0 aromatic heterocycles. The van der Waals surface area contributed by atoms with Crippen molar-refractivity contribution in [3.63, 3.8) is 0 Å². The second-order valence-corrected chi connectivity index (χ2v) is 6.44. The van der Waals surface area contributed by atoms with E-state index in [0.29, 0.717) is 32.3 Å². The van der Waals surface area contributed by atoms with E-state index in [0.717, 1.165) is 6.42 Å². The van der Waals surface area contributed by atoms with Gasteiger partial charge in [0.25, 0.3) is 0 Å². The van der Waals surface area contributed by atoms with Crippen molar-refractivity contribution < 1.29 is 27.0 Å². The third-order valence-corrected chi connectivity index (χ3v) is 5.09. The van der Waals surface area contributed by atoms with E-state index in [1.54, 1.807) is 0 Å². The Morgan fingerprint density at radius 2 is 1.27 bits per heavy atom. The van der Waals surface area contributed by atoms with Crippen LogP contribution in [0.1, 0.15) is 39.0 Å². The zero-order valence-corrected chi connectivity index (χ0v) is 13.2. The molecule has 2 nitrogen and oxygen atoms in total. The molecule has 22 heavy (non-hydrogen) atoms. The van der Waals surface area contributed by atoms with Crippen molar-refractivity contribution in [3.05, 3.63) is 0 Å². The van der Waals surface area contributed by atoms with Crippen LogP contribution < -0.4 is 0 Å². The van der Waals surface area contributed by atoms with Crippen LogP contribution in [0.4, 0.5) is 17.6 Å². The fraction of sp³-hybridized carbons (Fsp3) is 1.00. The van der Waals surface area contributed by atoms with Crippen molar-refractivity contribution in [2.75, 3.05) is 13.7 Å². The van der Waals surface area contributed by atoms with Gasteiger partial charge in [-0.2, -0.15) is 0 Å². The van der Waals surface area contributed by atoms with Crippen molar-refractivity contribution in [1.29, 1.82) is 0 Å². The van der Waals surface area contributed by atoms with E-state index in [4.69, 9.17) is 9.47 Å². The number of alkyl halides is 4. The Labute approximate surface area is 129 Å². The van der Waals surface area contributed by atoms with Gasteiger partial charge in [0.1, 0.15) is 12.3 Å². The third-order valence-electron chi connectivity index (χ3n) is 5.09. The van der Waals surface area contributed by atoms with Crippen LogP contribution in [0.5, 0.6) is 0 Å². The molecule has 0 aromatic rings. The Morgan fingerprint density at radius 1 is 0.773 bits per heavy atom. The lowest BCUT2D eigenvalue weighted by molar-refractivity contribution is -0.116. The summed E-state index contributed by atoms with van der Waals surface area (Å²) >= 11 is 0. The van der Waals surface area contributed by atoms with Crippen LogP contribution >= 0.6 is 0 Å². The molecule has 0 spiro atoms. The second kappa shape index (κ2) is 7.95. The summed E-state index contributed by atoms with van der Waals surface area (Å²) < 4.78 is 67.1. The van der Waals surface area contributed by atoms with E-state index in [1.165, 1.54) is 7.11 Å². The number of ether oxygens (including phenoxy) is 2. The van der Waals surface area contributed by atoms with Crippen LogP contribution in [-0.2, 0) is 9.47 Å².